The van der Waals surface area contributed by atoms with E-state index in [1.54, 1.807) is 7.11 Å². The average Bonchev–Trinajstić information content (AvgIpc) is 2.68. The van der Waals surface area contributed by atoms with Crippen molar-refractivity contribution in [3.8, 4) is 5.75 Å². The lowest BCUT2D eigenvalue weighted by Gasteiger charge is -2.36. The van der Waals surface area contributed by atoms with Gasteiger partial charge in [-0.1, -0.05) is 32.0 Å². The predicted octanol–water partition coefficient (Wildman–Crippen LogP) is 2.45. The van der Waals surface area contributed by atoms with Crippen LogP contribution in [0.15, 0.2) is 29.3 Å². The van der Waals surface area contributed by atoms with Gasteiger partial charge in [-0.25, -0.2) is 0 Å². The molecular formula is C21H36N4O2. The lowest BCUT2D eigenvalue weighted by molar-refractivity contribution is 0.00863. The molecule has 0 radical (unpaired) electrons. The van der Waals surface area contributed by atoms with Crippen molar-refractivity contribution in [3.05, 3.63) is 29.8 Å². The standard InChI is InChI=1S/C21H36N4O2/c1-6-22-21(24(4)16-18-9-7-8-10-20(18)26-5)23-15-19(17(2)3)25-11-13-27-14-12-25/h7-10,17,19H,6,11-16H2,1-5H3,(H,22,23). The van der Waals surface area contributed by atoms with E-state index in [0.717, 1.165) is 63.2 Å². The lowest BCUT2D eigenvalue weighted by atomic mass is 10.0. The number of hydrogen-bond donors (Lipinski definition) is 1. The summed E-state index contributed by atoms with van der Waals surface area (Å²) in [6.07, 6.45) is 0. The second-order valence-electron chi connectivity index (χ2n) is 7.32. The third kappa shape index (κ3) is 6.40. The maximum Gasteiger partial charge on any atom is 0.194 e. The number of aliphatic imine (C=N–C) groups is 1. The SMILES string of the molecule is CCNC(=NCC(C(C)C)N1CCOCC1)N(C)Cc1ccccc1OC. The van der Waals surface area contributed by atoms with Gasteiger partial charge in [-0.15, -0.1) is 0 Å². The van der Waals surface area contributed by atoms with Crippen LogP contribution >= 0.6 is 0 Å². The molecule has 1 N–H and O–H groups in total. The molecule has 0 spiro atoms. The monoisotopic (exact) mass is 376 g/mol. The smallest absolute Gasteiger partial charge is 0.194 e. The first-order valence-electron chi connectivity index (χ1n) is 10.00. The molecule has 1 atom stereocenters. The lowest BCUT2D eigenvalue weighted by Crippen LogP contribution is -2.48. The van der Waals surface area contributed by atoms with Gasteiger partial charge in [0.15, 0.2) is 5.96 Å². The van der Waals surface area contributed by atoms with Gasteiger partial charge in [0.1, 0.15) is 5.75 Å². The van der Waals surface area contributed by atoms with Crippen LogP contribution in [0, 0.1) is 5.92 Å². The van der Waals surface area contributed by atoms with Crippen LogP contribution in [0.25, 0.3) is 0 Å². The third-order valence-electron chi connectivity index (χ3n) is 5.01. The summed E-state index contributed by atoms with van der Waals surface area (Å²) in [4.78, 5) is 9.65. The van der Waals surface area contributed by atoms with Crippen LogP contribution in [-0.2, 0) is 11.3 Å². The fourth-order valence-electron chi connectivity index (χ4n) is 3.47. The fraction of sp³-hybridized carbons (Fsp3) is 0.667. The van der Waals surface area contributed by atoms with Crippen molar-refractivity contribution in [2.45, 2.75) is 33.4 Å². The van der Waals surface area contributed by atoms with E-state index in [1.807, 2.05) is 18.2 Å². The molecule has 0 aromatic heterocycles. The van der Waals surface area contributed by atoms with E-state index in [4.69, 9.17) is 14.5 Å². The summed E-state index contributed by atoms with van der Waals surface area (Å²) in [5.74, 6) is 2.39. The summed E-state index contributed by atoms with van der Waals surface area (Å²) in [6, 6.07) is 8.58. The van der Waals surface area contributed by atoms with Crippen molar-refractivity contribution >= 4 is 5.96 Å². The zero-order valence-corrected chi connectivity index (χ0v) is 17.6. The highest BCUT2D eigenvalue weighted by atomic mass is 16.5. The molecule has 6 nitrogen and oxygen atoms in total. The minimum atomic E-state index is 0.433. The Kier molecular flexibility index (Phi) is 8.88. The topological polar surface area (TPSA) is 49.3 Å². The van der Waals surface area contributed by atoms with Crippen LogP contribution in [0.2, 0.25) is 0 Å². The highest BCUT2D eigenvalue weighted by molar-refractivity contribution is 5.79. The normalized spacial score (nSPS) is 17.0. The Bertz CT molecular complexity index is 585. The van der Waals surface area contributed by atoms with Crippen molar-refractivity contribution in [2.24, 2.45) is 10.9 Å². The second-order valence-corrected chi connectivity index (χ2v) is 7.32. The van der Waals surface area contributed by atoms with Gasteiger partial charge in [-0.2, -0.15) is 0 Å². The minimum Gasteiger partial charge on any atom is -0.496 e. The van der Waals surface area contributed by atoms with E-state index >= 15 is 0 Å². The maximum atomic E-state index is 5.51. The Morgan fingerprint density at radius 1 is 1.30 bits per heavy atom. The molecule has 0 aliphatic carbocycles. The molecule has 0 bridgehead atoms. The third-order valence-corrected chi connectivity index (χ3v) is 5.01. The van der Waals surface area contributed by atoms with Crippen molar-refractivity contribution in [2.75, 3.05) is 53.6 Å². The van der Waals surface area contributed by atoms with Gasteiger partial charge >= 0.3 is 0 Å². The summed E-state index contributed by atoms with van der Waals surface area (Å²) in [6.45, 7) is 12.7. The van der Waals surface area contributed by atoms with Gasteiger partial charge < -0.3 is 19.7 Å². The Morgan fingerprint density at radius 2 is 2.00 bits per heavy atom. The van der Waals surface area contributed by atoms with E-state index in [-0.39, 0.29) is 0 Å². The highest BCUT2D eigenvalue weighted by Gasteiger charge is 2.24. The Morgan fingerprint density at radius 3 is 2.63 bits per heavy atom. The number of benzene rings is 1. The number of guanidine groups is 1. The molecule has 0 amide bonds. The number of ether oxygens (including phenoxy) is 2. The molecule has 1 aliphatic heterocycles. The van der Waals surface area contributed by atoms with Gasteiger partial charge in [0.2, 0.25) is 0 Å². The fourth-order valence-corrected chi connectivity index (χ4v) is 3.47. The van der Waals surface area contributed by atoms with Crippen LogP contribution in [0.4, 0.5) is 0 Å². The molecule has 1 aliphatic rings. The summed E-state index contributed by atoms with van der Waals surface area (Å²) in [7, 11) is 3.79. The number of hydrogen-bond acceptors (Lipinski definition) is 4. The molecule has 1 saturated heterocycles. The molecule has 1 unspecified atom stereocenters. The molecule has 2 rings (SSSR count). The average molecular weight is 377 g/mol. The predicted molar refractivity (Wildman–Crippen MR) is 111 cm³/mol. The quantitative estimate of drug-likeness (QED) is 0.558. The van der Waals surface area contributed by atoms with Crippen LogP contribution < -0.4 is 10.1 Å². The molecule has 1 aromatic carbocycles. The number of para-hydroxylation sites is 1. The highest BCUT2D eigenvalue weighted by Crippen LogP contribution is 2.19. The first kappa shape index (κ1) is 21.5. The van der Waals surface area contributed by atoms with Crippen LogP contribution in [-0.4, -0.2) is 75.4 Å². The molecule has 1 fully saturated rings. The number of nitrogens with zero attached hydrogens (tertiary/aromatic N) is 3. The van der Waals surface area contributed by atoms with E-state index in [9.17, 15) is 0 Å². The first-order valence-corrected chi connectivity index (χ1v) is 10.00. The Balaban J connectivity index is 2.08. The molecule has 0 saturated carbocycles. The van der Waals surface area contributed by atoms with Crippen LogP contribution in [0.1, 0.15) is 26.3 Å². The zero-order chi connectivity index (χ0) is 19.6. The summed E-state index contributed by atoms with van der Waals surface area (Å²) in [5.41, 5.74) is 1.15. The number of rotatable bonds is 8. The number of methoxy groups -OCH3 is 1. The van der Waals surface area contributed by atoms with E-state index in [0.29, 0.717) is 12.0 Å². The Labute approximate surface area is 164 Å². The van der Waals surface area contributed by atoms with Crippen molar-refractivity contribution in [3.63, 3.8) is 0 Å². The van der Waals surface area contributed by atoms with E-state index in [1.165, 1.54) is 0 Å². The molecule has 1 aromatic rings. The number of morpholine rings is 1. The van der Waals surface area contributed by atoms with Gasteiger partial charge in [-0.05, 0) is 18.9 Å². The minimum absolute atomic E-state index is 0.433. The number of nitrogens with one attached hydrogen (secondary N) is 1. The summed E-state index contributed by atoms with van der Waals surface area (Å²) >= 11 is 0. The zero-order valence-electron chi connectivity index (χ0n) is 17.6. The van der Waals surface area contributed by atoms with Gasteiger partial charge in [0.25, 0.3) is 0 Å². The molecule has 6 heteroatoms. The largest absolute Gasteiger partial charge is 0.496 e. The molecule has 27 heavy (non-hydrogen) atoms. The van der Waals surface area contributed by atoms with Crippen molar-refractivity contribution in [1.29, 1.82) is 0 Å². The summed E-state index contributed by atoms with van der Waals surface area (Å²) in [5, 5.41) is 3.43. The maximum absolute atomic E-state index is 5.51. The summed E-state index contributed by atoms with van der Waals surface area (Å²) < 4.78 is 11.0. The van der Waals surface area contributed by atoms with Crippen LogP contribution in [0.3, 0.4) is 0 Å². The molecular weight excluding hydrogens is 340 g/mol. The molecule has 1 heterocycles. The van der Waals surface area contributed by atoms with Crippen LogP contribution in [0.5, 0.6) is 5.75 Å². The van der Waals surface area contributed by atoms with E-state index < -0.39 is 0 Å². The van der Waals surface area contributed by atoms with Crippen molar-refractivity contribution < 1.29 is 9.47 Å². The molecule has 152 valence electrons. The Hall–Kier alpha value is -1.79. The second kappa shape index (κ2) is 11.1. The first-order chi connectivity index (χ1) is 13.1. The van der Waals surface area contributed by atoms with E-state index in [2.05, 4.69) is 49.0 Å². The van der Waals surface area contributed by atoms with Gasteiger partial charge in [0, 0.05) is 44.8 Å². The van der Waals surface area contributed by atoms with Gasteiger partial charge in [0.05, 0.1) is 26.9 Å². The van der Waals surface area contributed by atoms with Crippen molar-refractivity contribution in [1.82, 2.24) is 15.1 Å². The van der Waals surface area contributed by atoms with Gasteiger partial charge in [-0.3, -0.25) is 9.89 Å².